The first kappa shape index (κ1) is 10.5. The molecule has 1 rings (SSSR count). The van der Waals surface area contributed by atoms with Gasteiger partial charge in [0.15, 0.2) is 0 Å². The highest BCUT2D eigenvalue weighted by Gasteiger charge is 2.21. The maximum Gasteiger partial charge on any atom is 0.217 e. The Kier molecular flexibility index (Phi) is 4.22. The van der Waals surface area contributed by atoms with Crippen molar-refractivity contribution in [3.63, 3.8) is 0 Å². The van der Waals surface area contributed by atoms with Gasteiger partial charge in [-0.2, -0.15) is 0 Å². The quantitative estimate of drug-likeness (QED) is 0.688. The van der Waals surface area contributed by atoms with Gasteiger partial charge in [-0.1, -0.05) is 6.92 Å². The van der Waals surface area contributed by atoms with E-state index in [-0.39, 0.29) is 5.91 Å². The first-order chi connectivity index (χ1) is 6.22. The molecule has 0 spiro atoms. The summed E-state index contributed by atoms with van der Waals surface area (Å²) in [5, 5.41) is 6.43. The minimum Gasteiger partial charge on any atom is -0.354 e. The molecule has 0 bridgehead atoms. The lowest BCUT2D eigenvalue weighted by atomic mass is 9.91. The van der Waals surface area contributed by atoms with Crippen molar-refractivity contribution in [2.24, 2.45) is 0 Å². The Hall–Kier alpha value is -0.570. The monoisotopic (exact) mass is 184 g/mol. The van der Waals surface area contributed by atoms with Gasteiger partial charge in [-0.3, -0.25) is 4.79 Å². The van der Waals surface area contributed by atoms with Gasteiger partial charge in [-0.15, -0.1) is 0 Å². The fourth-order valence-electron chi connectivity index (χ4n) is 2.08. The molecule has 0 aromatic carbocycles. The Bertz CT molecular complexity index is 168. The largest absolute Gasteiger partial charge is 0.354 e. The van der Waals surface area contributed by atoms with Gasteiger partial charge in [-0.25, -0.2) is 0 Å². The third kappa shape index (κ3) is 3.77. The fourth-order valence-corrected chi connectivity index (χ4v) is 2.08. The summed E-state index contributed by atoms with van der Waals surface area (Å²) < 4.78 is 0. The molecular formula is C10H20N2O. The molecule has 0 radical (unpaired) electrons. The van der Waals surface area contributed by atoms with E-state index in [2.05, 4.69) is 17.6 Å². The van der Waals surface area contributed by atoms with Crippen LogP contribution in [-0.4, -0.2) is 24.5 Å². The molecule has 1 fully saturated rings. The molecule has 0 saturated heterocycles. The average molecular weight is 184 g/mol. The van der Waals surface area contributed by atoms with Crippen LogP contribution in [0.5, 0.6) is 0 Å². The van der Waals surface area contributed by atoms with E-state index in [9.17, 15) is 4.79 Å². The van der Waals surface area contributed by atoms with E-state index < -0.39 is 0 Å². The number of amides is 1. The zero-order valence-corrected chi connectivity index (χ0v) is 8.60. The third-order valence-corrected chi connectivity index (χ3v) is 2.57. The van der Waals surface area contributed by atoms with E-state index in [1.54, 1.807) is 6.92 Å². The Morgan fingerprint density at radius 1 is 1.38 bits per heavy atom. The smallest absolute Gasteiger partial charge is 0.217 e. The van der Waals surface area contributed by atoms with Gasteiger partial charge >= 0.3 is 0 Å². The molecule has 0 aromatic rings. The molecule has 13 heavy (non-hydrogen) atoms. The maximum atomic E-state index is 10.8. The first-order valence-electron chi connectivity index (χ1n) is 5.23. The van der Waals surface area contributed by atoms with Crippen LogP contribution in [0.2, 0.25) is 0 Å². The zero-order chi connectivity index (χ0) is 9.68. The number of carbonyl (C=O) groups is 1. The molecule has 1 saturated carbocycles. The van der Waals surface area contributed by atoms with Crippen LogP contribution in [0.25, 0.3) is 0 Å². The summed E-state index contributed by atoms with van der Waals surface area (Å²) in [7, 11) is 0. The van der Waals surface area contributed by atoms with Crippen LogP contribution < -0.4 is 10.6 Å². The van der Waals surface area contributed by atoms with Crippen molar-refractivity contribution in [1.82, 2.24) is 10.6 Å². The van der Waals surface area contributed by atoms with Crippen LogP contribution in [0.3, 0.4) is 0 Å². The Morgan fingerprint density at radius 3 is 2.69 bits per heavy atom. The van der Waals surface area contributed by atoms with E-state index in [4.69, 9.17) is 0 Å². The Morgan fingerprint density at radius 2 is 2.08 bits per heavy atom. The summed E-state index contributed by atoms with van der Waals surface area (Å²) in [5.74, 6) is 0.0992. The van der Waals surface area contributed by atoms with Crippen LogP contribution in [0.15, 0.2) is 0 Å². The van der Waals surface area contributed by atoms with Gasteiger partial charge in [0.1, 0.15) is 0 Å². The molecule has 3 nitrogen and oxygen atoms in total. The van der Waals surface area contributed by atoms with Crippen molar-refractivity contribution in [2.75, 3.05) is 6.54 Å². The molecule has 0 aromatic heterocycles. The highest BCUT2D eigenvalue weighted by Crippen LogP contribution is 2.18. The molecule has 0 aliphatic heterocycles. The van der Waals surface area contributed by atoms with E-state index >= 15 is 0 Å². The van der Waals surface area contributed by atoms with Crippen molar-refractivity contribution in [2.45, 2.75) is 51.6 Å². The average Bonchev–Trinajstić information content (AvgIpc) is 2.04. The summed E-state index contributed by atoms with van der Waals surface area (Å²) in [6, 6.07) is 1.01. The molecule has 1 aliphatic rings. The summed E-state index contributed by atoms with van der Waals surface area (Å²) in [4.78, 5) is 10.8. The first-order valence-corrected chi connectivity index (χ1v) is 5.23. The van der Waals surface area contributed by atoms with Gasteiger partial charge in [-0.05, 0) is 32.2 Å². The van der Waals surface area contributed by atoms with Crippen LogP contribution in [0.1, 0.15) is 39.5 Å². The van der Waals surface area contributed by atoms with Crippen molar-refractivity contribution in [1.29, 1.82) is 0 Å². The van der Waals surface area contributed by atoms with Gasteiger partial charge in [0.2, 0.25) is 5.91 Å². The van der Waals surface area contributed by atoms with Crippen molar-refractivity contribution in [3.05, 3.63) is 0 Å². The predicted molar refractivity (Wildman–Crippen MR) is 53.5 cm³/mol. The fraction of sp³-hybridized carbons (Fsp3) is 0.900. The van der Waals surface area contributed by atoms with E-state index in [1.807, 2.05) is 0 Å². The summed E-state index contributed by atoms with van der Waals surface area (Å²) >= 11 is 0. The molecule has 1 amide bonds. The van der Waals surface area contributed by atoms with Crippen LogP contribution in [0, 0.1) is 0 Å². The van der Waals surface area contributed by atoms with Crippen molar-refractivity contribution in [3.8, 4) is 0 Å². The minimum atomic E-state index is 0.0992. The number of hydrogen-bond donors (Lipinski definition) is 2. The van der Waals surface area contributed by atoms with E-state index in [0.29, 0.717) is 12.1 Å². The highest BCUT2D eigenvalue weighted by atomic mass is 16.1. The molecule has 2 N–H and O–H groups in total. The van der Waals surface area contributed by atoms with Gasteiger partial charge in [0, 0.05) is 19.0 Å². The SMILES string of the molecule is CCN[C@H]1CCC[C@@H](NC(C)=O)C1. The highest BCUT2D eigenvalue weighted by molar-refractivity contribution is 5.73. The summed E-state index contributed by atoms with van der Waals surface area (Å²) in [6.07, 6.45) is 4.71. The topological polar surface area (TPSA) is 41.1 Å². The van der Waals surface area contributed by atoms with Crippen molar-refractivity contribution < 1.29 is 4.79 Å². The molecule has 3 heteroatoms. The summed E-state index contributed by atoms with van der Waals surface area (Å²) in [5.41, 5.74) is 0. The predicted octanol–water partition coefficient (Wildman–Crippen LogP) is 1.04. The van der Waals surface area contributed by atoms with Crippen LogP contribution >= 0.6 is 0 Å². The number of rotatable bonds is 3. The number of nitrogens with one attached hydrogen (secondary N) is 2. The van der Waals surface area contributed by atoms with Crippen LogP contribution in [0.4, 0.5) is 0 Å². The molecule has 2 atom stereocenters. The Labute approximate surface area is 80.3 Å². The second-order valence-electron chi connectivity index (χ2n) is 3.82. The van der Waals surface area contributed by atoms with E-state index in [1.165, 1.54) is 12.8 Å². The number of carbonyl (C=O) groups excluding carboxylic acids is 1. The maximum absolute atomic E-state index is 10.8. The molecular weight excluding hydrogens is 164 g/mol. The zero-order valence-electron chi connectivity index (χ0n) is 8.60. The Balaban J connectivity index is 2.28. The summed E-state index contributed by atoms with van der Waals surface area (Å²) in [6.45, 7) is 4.75. The van der Waals surface area contributed by atoms with Gasteiger partial charge in [0.25, 0.3) is 0 Å². The second-order valence-corrected chi connectivity index (χ2v) is 3.82. The number of hydrogen-bond acceptors (Lipinski definition) is 2. The lowest BCUT2D eigenvalue weighted by Crippen LogP contribution is -2.43. The molecule has 0 unspecified atom stereocenters. The van der Waals surface area contributed by atoms with Crippen molar-refractivity contribution >= 4 is 5.91 Å². The second kappa shape index (κ2) is 5.22. The van der Waals surface area contributed by atoms with Gasteiger partial charge < -0.3 is 10.6 Å². The third-order valence-electron chi connectivity index (χ3n) is 2.57. The standard InChI is InChI=1S/C10H20N2O/c1-3-11-9-5-4-6-10(7-9)12-8(2)13/h9-11H,3-7H2,1-2H3,(H,12,13)/t9-,10+/m0/s1. The normalized spacial score (nSPS) is 28.5. The minimum absolute atomic E-state index is 0.0992. The lowest BCUT2D eigenvalue weighted by molar-refractivity contribution is -0.119. The molecule has 0 heterocycles. The lowest BCUT2D eigenvalue weighted by Gasteiger charge is -2.29. The van der Waals surface area contributed by atoms with Crippen LogP contribution in [-0.2, 0) is 4.79 Å². The van der Waals surface area contributed by atoms with Gasteiger partial charge in [0.05, 0.1) is 0 Å². The van der Waals surface area contributed by atoms with E-state index in [0.717, 1.165) is 19.4 Å². The molecule has 1 aliphatic carbocycles. The molecule has 76 valence electrons.